The van der Waals surface area contributed by atoms with Gasteiger partial charge in [-0.2, -0.15) is 4.68 Å². The van der Waals surface area contributed by atoms with Gasteiger partial charge in [0, 0.05) is 37.3 Å². The second-order valence-electron chi connectivity index (χ2n) is 9.67. The van der Waals surface area contributed by atoms with E-state index in [1.807, 2.05) is 24.3 Å². The highest BCUT2D eigenvalue weighted by Gasteiger charge is 2.34. The smallest absolute Gasteiger partial charge is 0.249 e. The predicted octanol–water partition coefficient (Wildman–Crippen LogP) is 1.88. The third-order valence-corrected chi connectivity index (χ3v) is 7.07. The quantitative estimate of drug-likeness (QED) is 0.264. The Labute approximate surface area is 240 Å². The molecule has 1 aliphatic rings. The number of nitrogens with zero attached hydrogens (tertiary/aromatic N) is 9. The van der Waals surface area contributed by atoms with Gasteiger partial charge in [-0.3, -0.25) is 19.5 Å². The van der Waals surface area contributed by atoms with E-state index >= 15 is 0 Å². The molecule has 6 rings (SSSR count). The van der Waals surface area contributed by atoms with E-state index in [2.05, 4.69) is 36.1 Å². The van der Waals surface area contributed by atoms with Crippen LogP contribution in [0.5, 0.6) is 5.75 Å². The molecule has 0 unspecified atom stereocenters. The van der Waals surface area contributed by atoms with Gasteiger partial charge >= 0.3 is 0 Å². The Morgan fingerprint density at radius 1 is 1.14 bits per heavy atom. The summed E-state index contributed by atoms with van der Waals surface area (Å²) in [5.74, 6) is -0.356. The molecule has 14 nitrogen and oxygen atoms in total. The third-order valence-electron chi connectivity index (χ3n) is 7.07. The molecule has 0 spiro atoms. The minimum Gasteiger partial charge on any atom is -0.494 e. The van der Waals surface area contributed by atoms with Gasteiger partial charge in [-0.15, -0.1) is 10.2 Å². The van der Waals surface area contributed by atoms with Gasteiger partial charge in [0.15, 0.2) is 0 Å². The van der Waals surface area contributed by atoms with Gasteiger partial charge in [0.1, 0.15) is 35.9 Å². The van der Waals surface area contributed by atoms with Crippen LogP contribution in [0.2, 0.25) is 0 Å². The minimum atomic E-state index is -1.04. The second kappa shape index (κ2) is 12.1. The summed E-state index contributed by atoms with van der Waals surface area (Å²) in [5.41, 5.74) is 2.91. The number of nitrogens with one attached hydrogen (secondary N) is 1. The number of fused-ring (bicyclic) bond motifs is 1. The fourth-order valence-corrected chi connectivity index (χ4v) is 5.03. The van der Waals surface area contributed by atoms with Crippen LogP contribution in [0.15, 0.2) is 73.3 Å². The van der Waals surface area contributed by atoms with Gasteiger partial charge in [0.2, 0.25) is 11.8 Å². The highest BCUT2D eigenvalue weighted by atomic mass is 16.5. The Bertz CT molecular complexity index is 1670. The largest absolute Gasteiger partial charge is 0.494 e. The number of aromatic nitrogens is 8. The molecule has 1 N–H and O–H groups in total. The summed E-state index contributed by atoms with van der Waals surface area (Å²) in [5, 5.41) is 22.7. The van der Waals surface area contributed by atoms with Crippen molar-refractivity contribution in [2.45, 2.75) is 31.5 Å². The van der Waals surface area contributed by atoms with Gasteiger partial charge in [-0.05, 0) is 65.2 Å². The molecule has 2 aromatic carbocycles. The number of carbonyl (C=O) groups is 2. The van der Waals surface area contributed by atoms with Crippen LogP contribution in [0.25, 0.3) is 16.7 Å². The first-order valence-corrected chi connectivity index (χ1v) is 13.4. The topological polar surface area (TPSA) is 155 Å². The number of amides is 2. The standard InChI is InChI=1S/C28H28N10O4/c1-41-25-15-20(8-9-24(25)37-18-31-33-35-37)38(26(39)17-36-23-7-3-2-6-22(23)32-34-36)27(19-10-12-29-13-11-19)28(40)30-16-21-5-4-14-42-21/h2-3,6-13,15,18,21,27H,4-5,14,16-17H2,1H3,(H,30,40)/t21-,27-/m0/s1. The Morgan fingerprint density at radius 2 is 2.00 bits per heavy atom. The number of benzene rings is 2. The van der Waals surface area contributed by atoms with Gasteiger partial charge in [0.05, 0.1) is 18.7 Å². The lowest BCUT2D eigenvalue weighted by Crippen LogP contribution is -2.46. The predicted molar refractivity (Wildman–Crippen MR) is 150 cm³/mol. The molecule has 1 saturated heterocycles. The second-order valence-corrected chi connectivity index (χ2v) is 9.67. The van der Waals surface area contributed by atoms with E-state index in [1.54, 1.807) is 42.7 Å². The van der Waals surface area contributed by atoms with Crippen molar-refractivity contribution in [3.8, 4) is 11.4 Å². The van der Waals surface area contributed by atoms with Crippen LogP contribution >= 0.6 is 0 Å². The van der Waals surface area contributed by atoms with Crippen LogP contribution in [0, 0.1) is 0 Å². The maximum Gasteiger partial charge on any atom is 0.249 e. The molecule has 5 aromatic rings. The number of para-hydroxylation sites is 1. The Balaban J connectivity index is 1.42. The fraction of sp³-hybridized carbons (Fsp3) is 0.286. The summed E-state index contributed by atoms with van der Waals surface area (Å²) in [4.78, 5) is 33.8. The summed E-state index contributed by atoms with van der Waals surface area (Å²) in [6, 6.07) is 14.9. The van der Waals surface area contributed by atoms with Crippen LogP contribution in [0.4, 0.5) is 5.69 Å². The molecule has 42 heavy (non-hydrogen) atoms. The van der Waals surface area contributed by atoms with Crippen molar-refractivity contribution in [1.82, 2.24) is 45.5 Å². The molecule has 214 valence electrons. The molecule has 0 bridgehead atoms. The molecule has 3 aromatic heterocycles. The van der Waals surface area contributed by atoms with E-state index in [0.29, 0.717) is 46.9 Å². The zero-order chi connectivity index (χ0) is 28.9. The molecule has 0 aliphatic carbocycles. The van der Waals surface area contributed by atoms with Crippen LogP contribution < -0.4 is 15.0 Å². The number of hydrogen-bond donors (Lipinski definition) is 1. The molecule has 2 atom stereocenters. The molecule has 1 fully saturated rings. The zero-order valence-electron chi connectivity index (χ0n) is 22.8. The lowest BCUT2D eigenvalue weighted by molar-refractivity contribution is -0.127. The first-order chi connectivity index (χ1) is 20.6. The van der Waals surface area contributed by atoms with Crippen molar-refractivity contribution >= 4 is 28.5 Å². The zero-order valence-corrected chi connectivity index (χ0v) is 22.8. The summed E-state index contributed by atoms with van der Waals surface area (Å²) < 4.78 is 14.3. The molecular formula is C28H28N10O4. The summed E-state index contributed by atoms with van der Waals surface area (Å²) in [7, 11) is 1.51. The number of tetrazole rings is 1. The highest BCUT2D eigenvalue weighted by Crippen LogP contribution is 2.34. The average molecular weight is 569 g/mol. The van der Waals surface area contributed by atoms with Gasteiger partial charge in [-0.25, -0.2) is 4.68 Å². The van der Waals surface area contributed by atoms with Crippen molar-refractivity contribution < 1.29 is 19.1 Å². The third kappa shape index (κ3) is 5.51. The first-order valence-electron chi connectivity index (χ1n) is 13.4. The van der Waals surface area contributed by atoms with E-state index in [0.717, 1.165) is 12.8 Å². The molecule has 0 radical (unpaired) electrons. The maximum atomic E-state index is 14.3. The van der Waals surface area contributed by atoms with Gasteiger partial charge in [-0.1, -0.05) is 17.3 Å². The van der Waals surface area contributed by atoms with Crippen LogP contribution in [-0.2, 0) is 20.9 Å². The Kier molecular flexibility index (Phi) is 7.76. The molecular weight excluding hydrogens is 540 g/mol. The minimum absolute atomic E-state index is 0.0756. The number of hydrogen-bond acceptors (Lipinski definition) is 10. The lowest BCUT2D eigenvalue weighted by atomic mass is 10.0. The van der Waals surface area contributed by atoms with E-state index in [9.17, 15) is 9.59 Å². The number of rotatable bonds is 10. The van der Waals surface area contributed by atoms with Crippen LogP contribution in [0.3, 0.4) is 0 Å². The number of pyridine rings is 1. The van der Waals surface area contributed by atoms with Crippen molar-refractivity contribution in [3.05, 3.63) is 78.9 Å². The fourth-order valence-electron chi connectivity index (χ4n) is 5.03. The number of methoxy groups -OCH3 is 1. The van der Waals surface area contributed by atoms with Crippen molar-refractivity contribution in [3.63, 3.8) is 0 Å². The lowest BCUT2D eigenvalue weighted by Gasteiger charge is -2.32. The number of anilines is 1. The van der Waals surface area contributed by atoms with Gasteiger partial charge in [0.25, 0.3) is 0 Å². The molecule has 0 saturated carbocycles. The Morgan fingerprint density at radius 3 is 2.76 bits per heavy atom. The normalized spacial score (nSPS) is 15.4. The van der Waals surface area contributed by atoms with Crippen LogP contribution in [-0.4, -0.2) is 78.4 Å². The first kappa shape index (κ1) is 27.0. The SMILES string of the molecule is COc1cc(N(C(=O)Cn2nnc3ccccc32)[C@H](C(=O)NC[C@@H]2CCCO2)c2ccncc2)ccc1-n1cnnn1. The summed E-state index contributed by atoms with van der Waals surface area (Å²) in [6.07, 6.45) is 6.34. The van der Waals surface area contributed by atoms with Crippen molar-refractivity contribution in [2.75, 3.05) is 25.2 Å². The molecule has 14 heteroatoms. The summed E-state index contributed by atoms with van der Waals surface area (Å²) >= 11 is 0. The van der Waals surface area contributed by atoms with E-state index in [-0.39, 0.29) is 18.6 Å². The van der Waals surface area contributed by atoms with E-state index in [1.165, 1.54) is 27.7 Å². The maximum absolute atomic E-state index is 14.3. The highest BCUT2D eigenvalue weighted by molar-refractivity contribution is 6.01. The monoisotopic (exact) mass is 568 g/mol. The van der Waals surface area contributed by atoms with E-state index in [4.69, 9.17) is 9.47 Å². The number of carbonyl (C=O) groups excluding carboxylic acids is 2. The van der Waals surface area contributed by atoms with E-state index < -0.39 is 11.9 Å². The molecule has 2 amide bonds. The molecule has 4 heterocycles. The molecule has 1 aliphatic heterocycles. The van der Waals surface area contributed by atoms with Crippen molar-refractivity contribution in [1.29, 1.82) is 0 Å². The summed E-state index contributed by atoms with van der Waals surface area (Å²) in [6.45, 7) is 0.828. The van der Waals surface area contributed by atoms with Crippen molar-refractivity contribution in [2.24, 2.45) is 0 Å². The van der Waals surface area contributed by atoms with Gasteiger partial charge < -0.3 is 14.8 Å². The average Bonchev–Trinajstić information content (AvgIpc) is 3.82. The van der Waals surface area contributed by atoms with Crippen LogP contribution in [0.1, 0.15) is 24.4 Å². The number of ether oxygens (including phenoxy) is 2. The Hall–Kier alpha value is -5.24.